The second-order valence-corrected chi connectivity index (χ2v) is 6.13. The molecule has 2 heteroatoms. The summed E-state index contributed by atoms with van der Waals surface area (Å²) in [5, 5.41) is 3.71. The van der Waals surface area contributed by atoms with Crippen molar-refractivity contribution >= 4 is 0 Å². The van der Waals surface area contributed by atoms with Crippen LogP contribution in [-0.4, -0.2) is 6.04 Å². The fourth-order valence-corrected chi connectivity index (χ4v) is 3.00. The maximum absolute atomic E-state index is 13.6. The molecular weight excluding hydrogens is 225 g/mol. The molecule has 98 valence electrons. The van der Waals surface area contributed by atoms with Crippen molar-refractivity contribution in [3.05, 3.63) is 34.6 Å². The lowest BCUT2D eigenvalue weighted by Gasteiger charge is -2.18. The lowest BCUT2D eigenvalue weighted by atomic mass is 10.0. The lowest BCUT2D eigenvalue weighted by Crippen LogP contribution is -2.32. The molecule has 3 rings (SSSR count). The number of nitrogens with one attached hydrogen (secondary N) is 1. The quantitative estimate of drug-likeness (QED) is 0.836. The highest BCUT2D eigenvalue weighted by Gasteiger charge is 2.40. The fraction of sp³-hybridized carbons (Fsp3) is 0.625. The van der Waals surface area contributed by atoms with Gasteiger partial charge in [0.25, 0.3) is 0 Å². The van der Waals surface area contributed by atoms with Crippen molar-refractivity contribution in [2.75, 3.05) is 0 Å². The Morgan fingerprint density at radius 3 is 2.06 bits per heavy atom. The predicted molar refractivity (Wildman–Crippen MR) is 71.9 cm³/mol. The summed E-state index contributed by atoms with van der Waals surface area (Å²) in [6.45, 7) is 4.59. The van der Waals surface area contributed by atoms with Gasteiger partial charge in [-0.2, -0.15) is 0 Å². The Morgan fingerprint density at radius 2 is 1.61 bits per heavy atom. The molecule has 0 bridgehead atoms. The van der Waals surface area contributed by atoms with Crippen molar-refractivity contribution in [2.24, 2.45) is 11.8 Å². The number of hydrogen-bond acceptors (Lipinski definition) is 1. The van der Waals surface area contributed by atoms with Gasteiger partial charge >= 0.3 is 0 Å². The van der Waals surface area contributed by atoms with Gasteiger partial charge in [-0.05, 0) is 68.1 Å². The van der Waals surface area contributed by atoms with E-state index in [1.165, 1.54) is 31.2 Å². The van der Waals surface area contributed by atoms with Gasteiger partial charge in [0.05, 0.1) is 0 Å². The van der Waals surface area contributed by atoms with Crippen LogP contribution >= 0.6 is 0 Å². The molecule has 0 unspecified atom stereocenters. The summed E-state index contributed by atoms with van der Waals surface area (Å²) in [6, 6.07) is 4.67. The summed E-state index contributed by atoms with van der Waals surface area (Å²) in [6.07, 6.45) is 5.59. The van der Waals surface area contributed by atoms with Crippen LogP contribution in [0.15, 0.2) is 12.1 Å². The molecule has 0 heterocycles. The highest BCUT2D eigenvalue weighted by molar-refractivity contribution is 5.30. The van der Waals surface area contributed by atoms with Crippen LogP contribution in [0.2, 0.25) is 0 Å². The summed E-state index contributed by atoms with van der Waals surface area (Å²) >= 11 is 0. The average molecular weight is 247 g/mol. The molecule has 0 aromatic heterocycles. The van der Waals surface area contributed by atoms with E-state index in [0.29, 0.717) is 0 Å². The molecule has 2 fully saturated rings. The van der Waals surface area contributed by atoms with E-state index in [0.717, 1.165) is 35.5 Å². The van der Waals surface area contributed by atoms with Gasteiger partial charge in [0.2, 0.25) is 0 Å². The van der Waals surface area contributed by atoms with E-state index in [1.807, 2.05) is 26.0 Å². The largest absolute Gasteiger partial charge is 0.309 e. The summed E-state index contributed by atoms with van der Waals surface area (Å²) in [4.78, 5) is 0. The van der Waals surface area contributed by atoms with Gasteiger partial charge < -0.3 is 5.32 Å². The summed E-state index contributed by atoms with van der Waals surface area (Å²) in [5.74, 6) is 1.78. The van der Waals surface area contributed by atoms with Crippen LogP contribution < -0.4 is 5.32 Å². The van der Waals surface area contributed by atoms with Gasteiger partial charge in [0.15, 0.2) is 0 Å². The number of benzene rings is 1. The summed E-state index contributed by atoms with van der Waals surface area (Å²) in [7, 11) is 0. The minimum absolute atomic E-state index is 0.0558. The molecule has 2 aliphatic rings. The third-order valence-corrected chi connectivity index (χ3v) is 4.30. The van der Waals surface area contributed by atoms with E-state index in [4.69, 9.17) is 0 Å². The van der Waals surface area contributed by atoms with Gasteiger partial charge in [-0.15, -0.1) is 0 Å². The third kappa shape index (κ3) is 2.59. The number of halogens is 1. The normalized spacial score (nSPS) is 19.6. The van der Waals surface area contributed by atoms with Crippen molar-refractivity contribution < 1.29 is 4.39 Å². The van der Waals surface area contributed by atoms with E-state index < -0.39 is 0 Å². The molecule has 0 aliphatic heterocycles. The van der Waals surface area contributed by atoms with Crippen molar-refractivity contribution in [3.8, 4) is 0 Å². The molecule has 1 aromatic rings. The van der Waals surface area contributed by atoms with Gasteiger partial charge in [-0.3, -0.25) is 0 Å². The van der Waals surface area contributed by atoms with Crippen LogP contribution in [0.1, 0.15) is 42.4 Å². The molecule has 0 atom stereocenters. The Hall–Kier alpha value is -0.890. The third-order valence-electron chi connectivity index (χ3n) is 4.30. The molecule has 0 saturated heterocycles. The number of rotatable bonds is 5. The predicted octanol–water partition coefficient (Wildman–Crippen LogP) is 3.72. The van der Waals surface area contributed by atoms with Gasteiger partial charge in [0.1, 0.15) is 5.82 Å². The number of hydrogen-bond donors (Lipinski definition) is 1. The molecule has 1 N–H and O–H groups in total. The van der Waals surface area contributed by atoms with E-state index >= 15 is 0 Å². The SMILES string of the molecule is Cc1cc(CNC(C2CC2)C2CC2)cc(C)c1F. The Labute approximate surface area is 109 Å². The zero-order valence-corrected chi connectivity index (χ0v) is 11.3. The van der Waals surface area contributed by atoms with E-state index in [9.17, 15) is 4.39 Å². The first kappa shape index (κ1) is 12.2. The van der Waals surface area contributed by atoms with Gasteiger partial charge in [-0.25, -0.2) is 4.39 Å². The molecule has 0 radical (unpaired) electrons. The van der Waals surface area contributed by atoms with E-state index in [1.54, 1.807) is 0 Å². The van der Waals surface area contributed by atoms with Gasteiger partial charge in [0, 0.05) is 12.6 Å². The van der Waals surface area contributed by atoms with Crippen molar-refractivity contribution in [1.29, 1.82) is 0 Å². The first-order valence-electron chi connectivity index (χ1n) is 7.14. The van der Waals surface area contributed by atoms with E-state index in [2.05, 4.69) is 5.32 Å². The highest BCUT2D eigenvalue weighted by Crippen LogP contribution is 2.44. The molecule has 18 heavy (non-hydrogen) atoms. The maximum Gasteiger partial charge on any atom is 0.129 e. The average Bonchev–Trinajstić information content (AvgIpc) is 3.18. The van der Waals surface area contributed by atoms with Crippen LogP contribution in [0.3, 0.4) is 0 Å². The Kier molecular flexibility index (Phi) is 3.14. The standard InChI is InChI=1S/C16H22FN/c1-10-7-12(8-11(2)15(10)17)9-18-16(13-3-4-13)14-5-6-14/h7-8,13-14,16,18H,3-6,9H2,1-2H3. The van der Waals surface area contributed by atoms with Crippen LogP contribution in [-0.2, 0) is 6.54 Å². The van der Waals surface area contributed by atoms with Crippen LogP contribution in [0.4, 0.5) is 4.39 Å². The zero-order valence-electron chi connectivity index (χ0n) is 11.3. The molecule has 2 aliphatic carbocycles. The highest BCUT2D eigenvalue weighted by atomic mass is 19.1. The molecule has 0 amide bonds. The summed E-state index contributed by atoms with van der Waals surface area (Å²) < 4.78 is 13.6. The second-order valence-electron chi connectivity index (χ2n) is 6.13. The van der Waals surface area contributed by atoms with Crippen LogP contribution in [0, 0.1) is 31.5 Å². The molecule has 0 spiro atoms. The molecular formula is C16H22FN. The number of aryl methyl sites for hydroxylation is 2. The first-order chi connectivity index (χ1) is 8.65. The van der Waals surface area contributed by atoms with Crippen LogP contribution in [0.5, 0.6) is 0 Å². The fourth-order valence-electron chi connectivity index (χ4n) is 3.00. The zero-order chi connectivity index (χ0) is 12.7. The smallest absolute Gasteiger partial charge is 0.129 e. The molecule has 1 nitrogen and oxygen atoms in total. The van der Waals surface area contributed by atoms with Crippen LogP contribution in [0.25, 0.3) is 0 Å². The van der Waals surface area contributed by atoms with Crippen molar-refractivity contribution in [3.63, 3.8) is 0 Å². The van der Waals surface area contributed by atoms with Crippen molar-refractivity contribution in [1.82, 2.24) is 5.32 Å². The summed E-state index contributed by atoms with van der Waals surface area (Å²) in [5.41, 5.74) is 2.75. The second kappa shape index (κ2) is 4.65. The Balaban J connectivity index is 1.65. The molecule has 2 saturated carbocycles. The minimum Gasteiger partial charge on any atom is -0.309 e. The van der Waals surface area contributed by atoms with Gasteiger partial charge in [-0.1, -0.05) is 12.1 Å². The Bertz CT molecular complexity index is 411. The lowest BCUT2D eigenvalue weighted by molar-refractivity contribution is 0.415. The molecule has 1 aromatic carbocycles. The topological polar surface area (TPSA) is 12.0 Å². The van der Waals surface area contributed by atoms with Crippen molar-refractivity contribution in [2.45, 2.75) is 52.1 Å². The maximum atomic E-state index is 13.6. The Morgan fingerprint density at radius 1 is 1.11 bits per heavy atom. The monoisotopic (exact) mass is 247 g/mol. The minimum atomic E-state index is -0.0558. The first-order valence-corrected chi connectivity index (χ1v) is 7.14. The van der Waals surface area contributed by atoms with E-state index in [-0.39, 0.29) is 5.82 Å².